The van der Waals surface area contributed by atoms with E-state index >= 15 is 0 Å². The standard InChI is InChI=1S/C10H12O6/c11-6-1-3-10(4-2-6,9(15)16)5-7(12)8(13)14/h1,3,6,11H,2,4-5H2,(H,13,14)(H,15,16)/t6-,10-/m0/s1. The Labute approximate surface area is 91.2 Å². The Balaban J connectivity index is 2.91. The van der Waals surface area contributed by atoms with Crippen LogP contribution in [0.1, 0.15) is 19.3 Å². The van der Waals surface area contributed by atoms with Gasteiger partial charge in [0.2, 0.25) is 5.78 Å². The number of ketones is 1. The number of aliphatic carboxylic acids is 2. The summed E-state index contributed by atoms with van der Waals surface area (Å²) in [6.45, 7) is 0. The summed E-state index contributed by atoms with van der Waals surface area (Å²) in [6, 6.07) is 0. The summed E-state index contributed by atoms with van der Waals surface area (Å²) in [6.07, 6.45) is 1.44. The van der Waals surface area contributed by atoms with Crippen molar-refractivity contribution in [2.45, 2.75) is 25.4 Å². The van der Waals surface area contributed by atoms with Crippen LogP contribution in [-0.2, 0) is 14.4 Å². The van der Waals surface area contributed by atoms with Gasteiger partial charge in [0.1, 0.15) is 0 Å². The number of carbonyl (C=O) groups is 3. The molecule has 1 rings (SSSR count). The predicted octanol–water partition coefficient (Wildman–Crippen LogP) is -0.188. The van der Waals surface area contributed by atoms with Crippen LogP contribution in [0.25, 0.3) is 0 Å². The molecular weight excluding hydrogens is 216 g/mol. The molecule has 0 fully saturated rings. The maximum absolute atomic E-state index is 11.1. The van der Waals surface area contributed by atoms with Crippen LogP contribution in [0.15, 0.2) is 12.2 Å². The van der Waals surface area contributed by atoms with Crippen molar-refractivity contribution in [1.82, 2.24) is 0 Å². The Morgan fingerprint density at radius 2 is 1.94 bits per heavy atom. The number of carboxylic acids is 2. The van der Waals surface area contributed by atoms with Crippen LogP contribution in [0.2, 0.25) is 0 Å². The number of rotatable bonds is 4. The van der Waals surface area contributed by atoms with Crippen molar-refractivity contribution in [3.63, 3.8) is 0 Å². The Kier molecular flexibility index (Phi) is 3.44. The highest BCUT2D eigenvalue weighted by molar-refractivity contribution is 6.33. The molecule has 0 saturated carbocycles. The fourth-order valence-corrected chi connectivity index (χ4v) is 1.64. The molecule has 1 aliphatic rings. The van der Waals surface area contributed by atoms with Crippen molar-refractivity contribution in [3.8, 4) is 0 Å². The minimum Gasteiger partial charge on any atom is -0.481 e. The molecular formula is C10H12O6. The van der Waals surface area contributed by atoms with Crippen molar-refractivity contribution >= 4 is 17.7 Å². The molecule has 6 heteroatoms. The van der Waals surface area contributed by atoms with Crippen molar-refractivity contribution in [2.75, 3.05) is 0 Å². The van der Waals surface area contributed by atoms with Gasteiger partial charge >= 0.3 is 11.9 Å². The average Bonchev–Trinajstić information content (AvgIpc) is 2.21. The lowest BCUT2D eigenvalue weighted by molar-refractivity contribution is -0.154. The zero-order valence-electron chi connectivity index (χ0n) is 8.42. The first-order valence-electron chi connectivity index (χ1n) is 4.74. The van der Waals surface area contributed by atoms with Crippen LogP contribution < -0.4 is 0 Å². The van der Waals surface area contributed by atoms with E-state index in [9.17, 15) is 19.5 Å². The van der Waals surface area contributed by atoms with Crippen LogP contribution in [-0.4, -0.2) is 39.1 Å². The number of Topliss-reactive ketones (excluding diaryl/α,β-unsaturated/α-hetero) is 1. The van der Waals surface area contributed by atoms with Gasteiger partial charge in [-0.15, -0.1) is 0 Å². The van der Waals surface area contributed by atoms with E-state index in [0.717, 1.165) is 0 Å². The molecule has 2 atom stereocenters. The second-order valence-corrected chi connectivity index (χ2v) is 3.83. The Morgan fingerprint density at radius 3 is 2.31 bits per heavy atom. The molecule has 6 nitrogen and oxygen atoms in total. The first kappa shape index (κ1) is 12.4. The molecule has 0 unspecified atom stereocenters. The van der Waals surface area contributed by atoms with Gasteiger partial charge in [-0.05, 0) is 12.8 Å². The van der Waals surface area contributed by atoms with Gasteiger partial charge < -0.3 is 15.3 Å². The van der Waals surface area contributed by atoms with E-state index in [-0.39, 0.29) is 12.8 Å². The fourth-order valence-electron chi connectivity index (χ4n) is 1.64. The summed E-state index contributed by atoms with van der Waals surface area (Å²) in [5.41, 5.74) is -1.49. The van der Waals surface area contributed by atoms with E-state index < -0.39 is 35.7 Å². The van der Waals surface area contributed by atoms with E-state index in [1.807, 2.05) is 0 Å². The second kappa shape index (κ2) is 4.44. The van der Waals surface area contributed by atoms with Crippen molar-refractivity contribution < 1.29 is 29.7 Å². The minimum atomic E-state index is -1.64. The van der Waals surface area contributed by atoms with Gasteiger partial charge in [-0.25, -0.2) is 4.79 Å². The first-order chi connectivity index (χ1) is 7.37. The molecule has 0 aromatic heterocycles. The minimum absolute atomic E-state index is 0.0546. The summed E-state index contributed by atoms with van der Waals surface area (Å²) in [7, 11) is 0. The third-order valence-corrected chi connectivity index (χ3v) is 2.66. The average molecular weight is 228 g/mol. The quantitative estimate of drug-likeness (QED) is 0.454. The van der Waals surface area contributed by atoms with Crippen molar-refractivity contribution in [3.05, 3.63) is 12.2 Å². The smallest absolute Gasteiger partial charge is 0.372 e. The maximum Gasteiger partial charge on any atom is 0.372 e. The number of hydrogen-bond acceptors (Lipinski definition) is 4. The molecule has 0 spiro atoms. The Hall–Kier alpha value is -1.69. The second-order valence-electron chi connectivity index (χ2n) is 3.83. The van der Waals surface area contributed by atoms with E-state index in [0.29, 0.717) is 0 Å². The summed E-state index contributed by atoms with van der Waals surface area (Å²) in [5.74, 6) is -4.02. The molecule has 0 heterocycles. The normalized spacial score (nSPS) is 28.7. The summed E-state index contributed by atoms with van der Waals surface area (Å²) in [5, 5.41) is 26.7. The van der Waals surface area contributed by atoms with Crippen LogP contribution in [0.4, 0.5) is 0 Å². The van der Waals surface area contributed by atoms with Crippen LogP contribution in [0.3, 0.4) is 0 Å². The van der Waals surface area contributed by atoms with Gasteiger partial charge in [0.15, 0.2) is 0 Å². The highest BCUT2D eigenvalue weighted by atomic mass is 16.4. The number of aliphatic hydroxyl groups is 1. The molecule has 0 aromatic rings. The monoisotopic (exact) mass is 228 g/mol. The van der Waals surface area contributed by atoms with Gasteiger partial charge in [0, 0.05) is 6.42 Å². The maximum atomic E-state index is 11.1. The van der Waals surface area contributed by atoms with E-state index in [2.05, 4.69) is 0 Å². The van der Waals surface area contributed by atoms with Gasteiger partial charge in [0.05, 0.1) is 11.5 Å². The number of aliphatic hydroxyl groups excluding tert-OH is 1. The lowest BCUT2D eigenvalue weighted by atomic mass is 9.74. The van der Waals surface area contributed by atoms with Crippen molar-refractivity contribution in [2.24, 2.45) is 5.41 Å². The van der Waals surface area contributed by atoms with Crippen molar-refractivity contribution in [1.29, 1.82) is 0 Å². The highest BCUT2D eigenvalue weighted by Crippen LogP contribution is 2.35. The van der Waals surface area contributed by atoms with Gasteiger partial charge in [-0.3, -0.25) is 9.59 Å². The molecule has 0 amide bonds. The van der Waals surface area contributed by atoms with E-state index in [4.69, 9.17) is 10.2 Å². The largest absolute Gasteiger partial charge is 0.481 e. The van der Waals surface area contributed by atoms with Gasteiger partial charge in [-0.1, -0.05) is 12.2 Å². The molecule has 1 aliphatic carbocycles. The number of carboxylic acid groups (broad SMARTS) is 2. The van der Waals surface area contributed by atoms with Gasteiger partial charge in [0.25, 0.3) is 0 Å². The Bertz CT molecular complexity index is 358. The summed E-state index contributed by atoms with van der Waals surface area (Å²) >= 11 is 0. The summed E-state index contributed by atoms with van der Waals surface area (Å²) in [4.78, 5) is 32.5. The number of carbonyl (C=O) groups excluding carboxylic acids is 1. The third kappa shape index (κ3) is 2.46. The molecule has 3 N–H and O–H groups in total. The molecule has 0 saturated heterocycles. The lowest BCUT2D eigenvalue weighted by Gasteiger charge is -2.29. The lowest BCUT2D eigenvalue weighted by Crippen LogP contribution is -2.36. The highest BCUT2D eigenvalue weighted by Gasteiger charge is 2.41. The third-order valence-electron chi connectivity index (χ3n) is 2.66. The summed E-state index contributed by atoms with van der Waals surface area (Å²) < 4.78 is 0. The van der Waals surface area contributed by atoms with Crippen LogP contribution in [0, 0.1) is 5.41 Å². The zero-order chi connectivity index (χ0) is 12.3. The van der Waals surface area contributed by atoms with Gasteiger partial charge in [-0.2, -0.15) is 0 Å². The van der Waals surface area contributed by atoms with Crippen LogP contribution in [0.5, 0.6) is 0 Å². The predicted molar refractivity (Wildman–Crippen MR) is 51.7 cm³/mol. The van der Waals surface area contributed by atoms with E-state index in [1.165, 1.54) is 12.2 Å². The molecule has 88 valence electrons. The molecule has 16 heavy (non-hydrogen) atoms. The fraction of sp³-hybridized carbons (Fsp3) is 0.500. The number of hydrogen-bond donors (Lipinski definition) is 3. The topological polar surface area (TPSA) is 112 Å². The molecule has 0 radical (unpaired) electrons. The molecule has 0 bridgehead atoms. The first-order valence-corrected chi connectivity index (χ1v) is 4.74. The van der Waals surface area contributed by atoms with Crippen LogP contribution >= 0.6 is 0 Å². The Morgan fingerprint density at radius 1 is 1.31 bits per heavy atom. The zero-order valence-corrected chi connectivity index (χ0v) is 8.42. The molecule has 0 aliphatic heterocycles. The van der Waals surface area contributed by atoms with E-state index in [1.54, 1.807) is 0 Å². The SMILES string of the molecule is O=C(O)C(=O)C[C@]1(C(=O)O)C=C[C@H](O)CC1. The molecule has 0 aromatic carbocycles.